The summed E-state index contributed by atoms with van der Waals surface area (Å²) in [5.74, 6) is 0.0919. The second-order valence-corrected chi connectivity index (χ2v) is 5.84. The largest absolute Gasteiger partial charge is 0.350 e. The van der Waals surface area contributed by atoms with Crippen LogP contribution >= 0.6 is 0 Å². The average molecular weight is 303 g/mol. The topological polar surface area (TPSA) is 29.1 Å². The van der Waals surface area contributed by atoms with Crippen LogP contribution in [0.15, 0.2) is 72.8 Å². The summed E-state index contributed by atoms with van der Waals surface area (Å²) < 4.78 is 0. The van der Waals surface area contributed by atoms with Crippen LogP contribution in [0, 0.1) is 0 Å². The zero-order valence-electron chi connectivity index (χ0n) is 13.3. The van der Waals surface area contributed by atoms with Gasteiger partial charge in [0.05, 0.1) is 6.04 Å². The van der Waals surface area contributed by atoms with Crippen molar-refractivity contribution in [3.05, 3.63) is 83.9 Å². The van der Waals surface area contributed by atoms with Crippen molar-refractivity contribution in [3.8, 4) is 0 Å². The molecule has 0 saturated heterocycles. The van der Waals surface area contributed by atoms with Gasteiger partial charge in [-0.15, -0.1) is 0 Å². The number of rotatable bonds is 5. The van der Waals surface area contributed by atoms with Gasteiger partial charge in [0.25, 0.3) is 0 Å². The fourth-order valence-electron chi connectivity index (χ4n) is 2.92. The third-order valence-corrected chi connectivity index (χ3v) is 4.15. The van der Waals surface area contributed by atoms with Crippen molar-refractivity contribution in [2.75, 3.05) is 0 Å². The summed E-state index contributed by atoms with van der Waals surface area (Å²) in [6.45, 7) is 2.04. The highest BCUT2D eigenvalue weighted by atomic mass is 16.1. The van der Waals surface area contributed by atoms with Gasteiger partial charge in [-0.05, 0) is 35.2 Å². The van der Waals surface area contributed by atoms with Crippen LogP contribution in [0.3, 0.4) is 0 Å². The molecular formula is C21H21NO. The Balaban J connectivity index is 1.66. The van der Waals surface area contributed by atoms with E-state index in [1.54, 1.807) is 0 Å². The fourth-order valence-corrected chi connectivity index (χ4v) is 2.92. The molecule has 0 bridgehead atoms. The van der Waals surface area contributed by atoms with E-state index in [4.69, 9.17) is 0 Å². The third kappa shape index (κ3) is 3.78. The van der Waals surface area contributed by atoms with Gasteiger partial charge in [0.15, 0.2) is 0 Å². The second-order valence-electron chi connectivity index (χ2n) is 5.84. The van der Waals surface area contributed by atoms with Crippen LogP contribution in [0.5, 0.6) is 0 Å². The number of aryl methyl sites for hydroxylation is 1. The van der Waals surface area contributed by atoms with E-state index in [9.17, 15) is 4.79 Å². The first kappa shape index (κ1) is 15.3. The maximum Gasteiger partial charge on any atom is 0.220 e. The van der Waals surface area contributed by atoms with Crippen molar-refractivity contribution >= 4 is 16.7 Å². The highest BCUT2D eigenvalue weighted by Gasteiger charge is 2.12. The average Bonchev–Trinajstić information content (AvgIpc) is 2.60. The molecule has 23 heavy (non-hydrogen) atoms. The summed E-state index contributed by atoms with van der Waals surface area (Å²) in [4.78, 5) is 12.2. The molecule has 1 atom stereocenters. The lowest BCUT2D eigenvalue weighted by Gasteiger charge is -2.16. The molecule has 3 aromatic carbocycles. The van der Waals surface area contributed by atoms with Crippen molar-refractivity contribution in [2.24, 2.45) is 0 Å². The second kappa shape index (κ2) is 7.10. The maximum absolute atomic E-state index is 12.2. The van der Waals surface area contributed by atoms with Gasteiger partial charge in [0.2, 0.25) is 5.91 Å². The lowest BCUT2D eigenvalue weighted by Crippen LogP contribution is -2.26. The highest BCUT2D eigenvalue weighted by Crippen LogP contribution is 2.24. The Labute approximate surface area is 137 Å². The molecule has 2 nitrogen and oxygen atoms in total. The van der Waals surface area contributed by atoms with Crippen LogP contribution in [0.4, 0.5) is 0 Å². The van der Waals surface area contributed by atoms with Crippen LogP contribution in [0.2, 0.25) is 0 Å². The van der Waals surface area contributed by atoms with E-state index in [1.807, 2.05) is 43.3 Å². The van der Waals surface area contributed by atoms with Crippen molar-refractivity contribution in [1.29, 1.82) is 0 Å². The molecule has 3 aromatic rings. The van der Waals surface area contributed by atoms with Crippen LogP contribution in [0.25, 0.3) is 10.8 Å². The van der Waals surface area contributed by atoms with E-state index in [2.05, 4.69) is 41.7 Å². The predicted molar refractivity (Wildman–Crippen MR) is 95.3 cm³/mol. The summed E-state index contributed by atoms with van der Waals surface area (Å²) in [6, 6.07) is 24.6. The standard InChI is InChI=1S/C21H21NO/c1-16(19-13-7-11-18-10-5-6-12-20(18)19)22-21(23)15-14-17-8-3-2-4-9-17/h2-13,16H,14-15H2,1H3,(H,22,23). The smallest absolute Gasteiger partial charge is 0.220 e. The number of fused-ring (bicyclic) bond motifs is 1. The molecule has 0 aliphatic rings. The van der Waals surface area contributed by atoms with Gasteiger partial charge in [-0.25, -0.2) is 0 Å². The Morgan fingerprint density at radius 2 is 1.61 bits per heavy atom. The molecule has 1 unspecified atom stereocenters. The summed E-state index contributed by atoms with van der Waals surface area (Å²) in [6.07, 6.45) is 1.29. The quantitative estimate of drug-likeness (QED) is 0.730. The normalized spacial score (nSPS) is 12.0. The van der Waals surface area contributed by atoms with E-state index >= 15 is 0 Å². The molecule has 1 N–H and O–H groups in total. The van der Waals surface area contributed by atoms with E-state index in [0.717, 1.165) is 12.0 Å². The molecule has 0 fully saturated rings. The van der Waals surface area contributed by atoms with E-state index in [0.29, 0.717) is 6.42 Å². The first-order valence-electron chi connectivity index (χ1n) is 8.05. The summed E-state index contributed by atoms with van der Waals surface area (Å²) in [5, 5.41) is 5.52. The first-order chi connectivity index (χ1) is 11.2. The molecule has 0 aliphatic carbocycles. The number of carbonyl (C=O) groups is 1. The zero-order chi connectivity index (χ0) is 16.1. The van der Waals surface area contributed by atoms with Crippen LogP contribution in [-0.4, -0.2) is 5.91 Å². The summed E-state index contributed by atoms with van der Waals surface area (Å²) in [5.41, 5.74) is 2.36. The van der Waals surface area contributed by atoms with Gasteiger partial charge >= 0.3 is 0 Å². The number of hydrogen-bond donors (Lipinski definition) is 1. The fraction of sp³-hybridized carbons (Fsp3) is 0.190. The van der Waals surface area contributed by atoms with Gasteiger partial charge in [0.1, 0.15) is 0 Å². The minimum atomic E-state index is 0.00405. The molecular weight excluding hydrogens is 282 g/mol. The lowest BCUT2D eigenvalue weighted by molar-refractivity contribution is -0.121. The number of amides is 1. The van der Waals surface area contributed by atoms with Crippen molar-refractivity contribution < 1.29 is 4.79 Å². The highest BCUT2D eigenvalue weighted by molar-refractivity contribution is 5.86. The zero-order valence-corrected chi connectivity index (χ0v) is 13.3. The van der Waals surface area contributed by atoms with Gasteiger partial charge < -0.3 is 5.32 Å². The minimum absolute atomic E-state index is 0.00405. The molecule has 2 heteroatoms. The van der Waals surface area contributed by atoms with Crippen molar-refractivity contribution in [3.63, 3.8) is 0 Å². The molecule has 0 heterocycles. The van der Waals surface area contributed by atoms with Gasteiger partial charge in [-0.2, -0.15) is 0 Å². The van der Waals surface area contributed by atoms with Crippen molar-refractivity contribution in [2.45, 2.75) is 25.8 Å². The minimum Gasteiger partial charge on any atom is -0.350 e. The molecule has 0 spiro atoms. The third-order valence-electron chi connectivity index (χ3n) is 4.15. The van der Waals surface area contributed by atoms with Crippen LogP contribution in [0.1, 0.15) is 30.5 Å². The lowest BCUT2D eigenvalue weighted by atomic mass is 9.99. The molecule has 116 valence electrons. The molecule has 0 saturated carbocycles. The molecule has 3 rings (SSSR count). The first-order valence-corrected chi connectivity index (χ1v) is 8.05. The van der Waals surface area contributed by atoms with Gasteiger partial charge in [0, 0.05) is 6.42 Å². The van der Waals surface area contributed by atoms with Gasteiger partial charge in [-0.3, -0.25) is 4.79 Å². The number of nitrogens with one attached hydrogen (secondary N) is 1. The number of hydrogen-bond acceptors (Lipinski definition) is 1. The Morgan fingerprint density at radius 1 is 0.913 bits per heavy atom. The van der Waals surface area contributed by atoms with E-state index in [-0.39, 0.29) is 11.9 Å². The monoisotopic (exact) mass is 303 g/mol. The predicted octanol–water partition coefficient (Wildman–Crippen LogP) is 4.65. The molecule has 0 aromatic heterocycles. The number of benzene rings is 3. The molecule has 0 radical (unpaired) electrons. The van der Waals surface area contributed by atoms with Gasteiger partial charge in [-0.1, -0.05) is 72.8 Å². The molecule has 1 amide bonds. The Kier molecular flexibility index (Phi) is 4.72. The molecule has 0 aliphatic heterocycles. The number of carbonyl (C=O) groups excluding carboxylic acids is 1. The Hall–Kier alpha value is -2.61. The summed E-state index contributed by atoms with van der Waals surface area (Å²) >= 11 is 0. The summed E-state index contributed by atoms with van der Waals surface area (Å²) in [7, 11) is 0. The van der Waals surface area contributed by atoms with Crippen LogP contribution < -0.4 is 5.32 Å². The maximum atomic E-state index is 12.2. The van der Waals surface area contributed by atoms with Crippen LogP contribution in [-0.2, 0) is 11.2 Å². The SMILES string of the molecule is CC(NC(=O)CCc1ccccc1)c1cccc2ccccc12. The van der Waals surface area contributed by atoms with Crippen molar-refractivity contribution in [1.82, 2.24) is 5.32 Å². The van der Waals surface area contributed by atoms with E-state index in [1.165, 1.54) is 16.3 Å². The Morgan fingerprint density at radius 3 is 2.43 bits per heavy atom. The van der Waals surface area contributed by atoms with E-state index < -0.39 is 0 Å². The Bertz CT molecular complexity index is 790.